The monoisotopic (exact) mass is 309 g/mol. The Hall–Kier alpha value is -1.93. The van der Waals surface area contributed by atoms with E-state index in [4.69, 9.17) is 0 Å². The molecule has 0 bridgehead atoms. The molecule has 1 aromatic heterocycles. The van der Waals surface area contributed by atoms with Gasteiger partial charge in [-0.1, -0.05) is 52.3 Å². The average Bonchev–Trinajstić information content (AvgIpc) is 2.49. The largest absolute Gasteiger partial charge is 0.265 e. The number of hydrogen-bond donors (Lipinski definition) is 0. The normalized spacial score (nSPS) is 10.4. The highest BCUT2D eigenvalue weighted by Crippen LogP contribution is 2.32. The summed E-state index contributed by atoms with van der Waals surface area (Å²) in [7, 11) is 0. The molecule has 0 aliphatic heterocycles. The molecule has 2 heteroatoms. The first-order valence-electron chi connectivity index (χ1n) is 6.10. The van der Waals surface area contributed by atoms with Crippen molar-refractivity contribution in [1.29, 1.82) is 0 Å². The first-order valence-corrected chi connectivity index (χ1v) is 6.89. The van der Waals surface area contributed by atoms with Gasteiger partial charge in [-0.05, 0) is 46.5 Å². The van der Waals surface area contributed by atoms with Crippen molar-refractivity contribution in [2.75, 3.05) is 0 Å². The minimum atomic E-state index is 1.10. The smallest absolute Gasteiger partial charge is 0.0273 e. The van der Waals surface area contributed by atoms with E-state index in [0.717, 1.165) is 4.47 Å². The van der Waals surface area contributed by atoms with Crippen LogP contribution in [0.1, 0.15) is 0 Å². The molecule has 3 rings (SSSR count). The van der Waals surface area contributed by atoms with Gasteiger partial charge >= 0.3 is 0 Å². The molecule has 19 heavy (non-hydrogen) atoms. The number of aromatic nitrogens is 1. The van der Waals surface area contributed by atoms with Crippen LogP contribution in [-0.4, -0.2) is 4.98 Å². The quantitative estimate of drug-likeness (QED) is 0.635. The van der Waals surface area contributed by atoms with Crippen LogP contribution in [0.4, 0.5) is 0 Å². The van der Waals surface area contributed by atoms with E-state index in [-0.39, 0.29) is 0 Å². The molecule has 2 aromatic carbocycles. The molecule has 0 radical (unpaired) electrons. The number of hydrogen-bond acceptors (Lipinski definition) is 1. The lowest BCUT2D eigenvalue weighted by molar-refractivity contribution is 1.33. The second kappa shape index (κ2) is 5.37. The van der Waals surface area contributed by atoms with Crippen molar-refractivity contribution in [1.82, 2.24) is 4.98 Å². The predicted octanol–water partition coefficient (Wildman–Crippen LogP) is 5.18. The summed E-state index contributed by atoms with van der Waals surface area (Å²) in [6, 6.07) is 20.9. The van der Waals surface area contributed by atoms with Crippen LogP contribution in [0.2, 0.25) is 0 Å². The predicted molar refractivity (Wildman–Crippen MR) is 82.8 cm³/mol. The lowest BCUT2D eigenvalue weighted by Gasteiger charge is -2.10. The summed E-state index contributed by atoms with van der Waals surface area (Å²) in [6.45, 7) is 0. The maximum absolute atomic E-state index is 4.08. The third-order valence-corrected chi connectivity index (χ3v) is 3.60. The van der Waals surface area contributed by atoms with Gasteiger partial charge in [-0.15, -0.1) is 0 Å². The van der Waals surface area contributed by atoms with Crippen LogP contribution in [-0.2, 0) is 0 Å². The van der Waals surface area contributed by atoms with Gasteiger partial charge in [-0.3, -0.25) is 4.98 Å². The van der Waals surface area contributed by atoms with E-state index in [2.05, 4.69) is 69.4 Å². The maximum Gasteiger partial charge on any atom is 0.0273 e. The topological polar surface area (TPSA) is 12.9 Å². The third kappa shape index (κ3) is 2.59. The SMILES string of the molecule is Brc1ccc(-c2ccccc2-c2ccncc2)cc1. The lowest BCUT2D eigenvalue weighted by Crippen LogP contribution is -1.85. The molecule has 0 aliphatic carbocycles. The Morgan fingerprint density at radius 2 is 1.16 bits per heavy atom. The summed E-state index contributed by atoms with van der Waals surface area (Å²) < 4.78 is 1.10. The average molecular weight is 310 g/mol. The zero-order valence-corrected chi connectivity index (χ0v) is 11.8. The van der Waals surface area contributed by atoms with Crippen molar-refractivity contribution in [3.63, 3.8) is 0 Å². The van der Waals surface area contributed by atoms with Crippen LogP contribution in [0.3, 0.4) is 0 Å². The molecule has 0 saturated carbocycles. The van der Waals surface area contributed by atoms with Gasteiger partial charge < -0.3 is 0 Å². The van der Waals surface area contributed by atoms with Crippen LogP contribution in [0, 0.1) is 0 Å². The molecule has 1 nitrogen and oxygen atoms in total. The fraction of sp³-hybridized carbons (Fsp3) is 0. The molecule has 0 amide bonds. The van der Waals surface area contributed by atoms with E-state index in [1.54, 1.807) is 0 Å². The summed E-state index contributed by atoms with van der Waals surface area (Å²) in [4.78, 5) is 4.08. The van der Waals surface area contributed by atoms with Crippen LogP contribution in [0.15, 0.2) is 77.5 Å². The molecular formula is C17H12BrN. The van der Waals surface area contributed by atoms with Gasteiger partial charge in [0.2, 0.25) is 0 Å². The van der Waals surface area contributed by atoms with Crippen molar-refractivity contribution >= 4 is 15.9 Å². The summed E-state index contributed by atoms with van der Waals surface area (Å²) in [5.74, 6) is 0. The standard InChI is InChI=1S/C17H12BrN/c18-15-7-5-13(6-8-15)16-3-1-2-4-17(16)14-9-11-19-12-10-14/h1-12H. The molecule has 0 aliphatic rings. The van der Waals surface area contributed by atoms with E-state index in [1.165, 1.54) is 22.3 Å². The Bertz CT molecular complexity index is 675. The second-order valence-electron chi connectivity index (χ2n) is 4.29. The van der Waals surface area contributed by atoms with Crippen molar-refractivity contribution in [3.05, 3.63) is 77.5 Å². The number of pyridine rings is 1. The molecule has 0 fully saturated rings. The van der Waals surface area contributed by atoms with E-state index in [1.807, 2.05) is 24.5 Å². The van der Waals surface area contributed by atoms with Gasteiger partial charge in [0.05, 0.1) is 0 Å². The Morgan fingerprint density at radius 3 is 1.74 bits per heavy atom. The molecule has 92 valence electrons. The first kappa shape index (κ1) is 12.1. The third-order valence-electron chi connectivity index (χ3n) is 3.07. The van der Waals surface area contributed by atoms with Gasteiger partial charge in [0.1, 0.15) is 0 Å². The van der Waals surface area contributed by atoms with Crippen molar-refractivity contribution in [2.24, 2.45) is 0 Å². The van der Waals surface area contributed by atoms with Crippen LogP contribution in [0.25, 0.3) is 22.3 Å². The van der Waals surface area contributed by atoms with Gasteiger partial charge in [0.25, 0.3) is 0 Å². The fourth-order valence-corrected chi connectivity index (χ4v) is 2.41. The zero-order chi connectivity index (χ0) is 13.1. The molecule has 0 atom stereocenters. The fourth-order valence-electron chi connectivity index (χ4n) is 2.15. The number of benzene rings is 2. The van der Waals surface area contributed by atoms with E-state index in [9.17, 15) is 0 Å². The van der Waals surface area contributed by atoms with Crippen LogP contribution < -0.4 is 0 Å². The van der Waals surface area contributed by atoms with Crippen molar-refractivity contribution in [2.45, 2.75) is 0 Å². The minimum Gasteiger partial charge on any atom is -0.265 e. The molecule has 0 saturated heterocycles. The molecule has 0 N–H and O–H groups in total. The Balaban J connectivity index is 2.15. The Labute approximate surface area is 121 Å². The van der Waals surface area contributed by atoms with E-state index in [0.29, 0.717) is 0 Å². The van der Waals surface area contributed by atoms with Gasteiger partial charge in [0.15, 0.2) is 0 Å². The number of nitrogens with zero attached hydrogens (tertiary/aromatic N) is 1. The first-order chi connectivity index (χ1) is 9.34. The van der Waals surface area contributed by atoms with E-state index < -0.39 is 0 Å². The van der Waals surface area contributed by atoms with Gasteiger partial charge in [-0.25, -0.2) is 0 Å². The highest BCUT2D eigenvalue weighted by molar-refractivity contribution is 9.10. The summed E-state index contributed by atoms with van der Waals surface area (Å²) in [6.07, 6.45) is 3.65. The van der Waals surface area contributed by atoms with Crippen molar-refractivity contribution < 1.29 is 0 Å². The number of halogens is 1. The molecule has 0 spiro atoms. The lowest BCUT2D eigenvalue weighted by atomic mass is 9.95. The Kier molecular flexibility index (Phi) is 3.43. The van der Waals surface area contributed by atoms with Crippen LogP contribution in [0.5, 0.6) is 0 Å². The van der Waals surface area contributed by atoms with Gasteiger partial charge in [-0.2, -0.15) is 0 Å². The molecule has 0 unspecified atom stereocenters. The van der Waals surface area contributed by atoms with Crippen molar-refractivity contribution in [3.8, 4) is 22.3 Å². The summed E-state index contributed by atoms with van der Waals surface area (Å²) in [5, 5.41) is 0. The summed E-state index contributed by atoms with van der Waals surface area (Å²) in [5.41, 5.74) is 4.87. The number of rotatable bonds is 2. The summed E-state index contributed by atoms with van der Waals surface area (Å²) >= 11 is 3.47. The minimum absolute atomic E-state index is 1.10. The highest BCUT2D eigenvalue weighted by atomic mass is 79.9. The maximum atomic E-state index is 4.08. The van der Waals surface area contributed by atoms with E-state index >= 15 is 0 Å². The van der Waals surface area contributed by atoms with Gasteiger partial charge in [0, 0.05) is 16.9 Å². The molecule has 1 heterocycles. The second-order valence-corrected chi connectivity index (χ2v) is 5.20. The molecule has 3 aromatic rings. The van der Waals surface area contributed by atoms with Crippen LogP contribution >= 0.6 is 15.9 Å². The highest BCUT2D eigenvalue weighted by Gasteiger charge is 2.06. The zero-order valence-electron chi connectivity index (χ0n) is 10.3. The molecular weight excluding hydrogens is 298 g/mol. The Morgan fingerprint density at radius 1 is 0.632 bits per heavy atom.